The Balaban J connectivity index is 1.53. The largest absolute Gasteiger partial charge is 0.371 e. The average Bonchev–Trinajstić information content (AvgIpc) is 3.00. The summed E-state index contributed by atoms with van der Waals surface area (Å²) in [4.78, 5) is 16.4. The molecule has 1 aliphatic rings. The van der Waals surface area contributed by atoms with Crippen LogP contribution in [0.4, 0.5) is 16.3 Å². The summed E-state index contributed by atoms with van der Waals surface area (Å²) >= 11 is 0. The van der Waals surface area contributed by atoms with Crippen LogP contribution in [0.25, 0.3) is 0 Å². The van der Waals surface area contributed by atoms with Crippen molar-refractivity contribution >= 4 is 17.5 Å². The van der Waals surface area contributed by atoms with Gasteiger partial charge in [-0.25, -0.2) is 4.79 Å². The van der Waals surface area contributed by atoms with Crippen molar-refractivity contribution in [2.75, 3.05) is 30.4 Å². The topological polar surface area (TPSA) is 61.6 Å². The zero-order valence-electron chi connectivity index (χ0n) is 13.5. The van der Waals surface area contributed by atoms with Gasteiger partial charge >= 0.3 is 6.03 Å². The number of urea groups is 1. The van der Waals surface area contributed by atoms with E-state index in [4.69, 9.17) is 4.52 Å². The van der Waals surface area contributed by atoms with E-state index in [2.05, 4.69) is 34.6 Å². The summed E-state index contributed by atoms with van der Waals surface area (Å²) in [5, 5.41) is 6.57. The molecule has 1 fully saturated rings. The first-order valence-corrected chi connectivity index (χ1v) is 7.90. The third kappa shape index (κ3) is 3.64. The van der Waals surface area contributed by atoms with Gasteiger partial charge in [0.1, 0.15) is 5.76 Å². The first kappa shape index (κ1) is 15.4. The second kappa shape index (κ2) is 6.73. The Morgan fingerprint density at radius 1 is 1.30 bits per heavy atom. The van der Waals surface area contributed by atoms with Gasteiger partial charge in [0.15, 0.2) is 5.82 Å². The van der Waals surface area contributed by atoms with E-state index in [-0.39, 0.29) is 6.03 Å². The molecule has 1 aliphatic heterocycles. The van der Waals surface area contributed by atoms with Crippen molar-refractivity contribution in [1.29, 1.82) is 0 Å². The highest BCUT2D eigenvalue weighted by molar-refractivity contribution is 5.88. The minimum absolute atomic E-state index is 0.112. The molecule has 0 spiro atoms. The fourth-order valence-corrected chi connectivity index (χ4v) is 2.94. The predicted octanol–water partition coefficient (Wildman–Crippen LogP) is 3.12. The first-order valence-electron chi connectivity index (χ1n) is 7.90. The van der Waals surface area contributed by atoms with Crippen molar-refractivity contribution in [3.8, 4) is 0 Å². The molecule has 1 N–H and O–H groups in total. The molecule has 122 valence electrons. The molecular formula is C17H22N4O2. The van der Waals surface area contributed by atoms with Crippen molar-refractivity contribution < 1.29 is 9.32 Å². The van der Waals surface area contributed by atoms with E-state index in [1.54, 1.807) is 13.0 Å². The van der Waals surface area contributed by atoms with Crippen molar-refractivity contribution in [2.45, 2.75) is 25.8 Å². The number of carbonyl (C=O) groups is 1. The van der Waals surface area contributed by atoms with Crippen LogP contribution < -0.4 is 10.2 Å². The Morgan fingerprint density at radius 3 is 2.61 bits per heavy atom. The van der Waals surface area contributed by atoms with Gasteiger partial charge in [-0.15, -0.1) is 0 Å². The lowest BCUT2D eigenvalue weighted by atomic mass is 10.0. The normalized spacial score (nSPS) is 15.5. The van der Waals surface area contributed by atoms with Gasteiger partial charge in [-0.2, -0.15) is 0 Å². The van der Waals surface area contributed by atoms with Crippen LogP contribution in [0.1, 0.15) is 18.6 Å². The van der Waals surface area contributed by atoms with Crippen molar-refractivity contribution in [3.05, 3.63) is 42.2 Å². The van der Waals surface area contributed by atoms with E-state index in [0.29, 0.717) is 17.6 Å². The monoisotopic (exact) mass is 314 g/mol. The molecule has 2 amide bonds. The number of anilines is 2. The van der Waals surface area contributed by atoms with Crippen LogP contribution in [0.15, 0.2) is 40.9 Å². The maximum absolute atomic E-state index is 12.2. The summed E-state index contributed by atoms with van der Waals surface area (Å²) in [6.07, 6.45) is 1.91. The lowest BCUT2D eigenvalue weighted by Crippen LogP contribution is -2.47. The fourth-order valence-electron chi connectivity index (χ4n) is 2.94. The Hall–Kier alpha value is -2.50. The Morgan fingerprint density at radius 2 is 2.00 bits per heavy atom. The number of aryl methyl sites for hydroxylation is 1. The number of benzene rings is 1. The van der Waals surface area contributed by atoms with E-state index in [1.807, 2.05) is 23.1 Å². The number of carbonyl (C=O) groups excluding carboxylic acids is 1. The van der Waals surface area contributed by atoms with E-state index < -0.39 is 0 Å². The molecule has 0 atom stereocenters. The minimum Gasteiger partial charge on any atom is -0.371 e. The maximum Gasteiger partial charge on any atom is 0.323 e. The molecule has 1 aromatic heterocycles. The van der Waals surface area contributed by atoms with Crippen LogP contribution in [-0.4, -0.2) is 42.3 Å². The van der Waals surface area contributed by atoms with Crippen molar-refractivity contribution in [3.63, 3.8) is 0 Å². The number of likely N-dealkylation sites (tertiary alicyclic amines) is 1. The predicted molar refractivity (Wildman–Crippen MR) is 89.7 cm³/mol. The van der Waals surface area contributed by atoms with Crippen molar-refractivity contribution in [2.24, 2.45) is 0 Å². The molecule has 0 aliphatic carbocycles. The summed E-state index contributed by atoms with van der Waals surface area (Å²) in [5.74, 6) is 1.15. The molecule has 0 radical (unpaired) electrons. The van der Waals surface area contributed by atoms with Crippen LogP contribution >= 0.6 is 0 Å². The summed E-state index contributed by atoms with van der Waals surface area (Å²) < 4.78 is 4.96. The molecule has 23 heavy (non-hydrogen) atoms. The smallest absolute Gasteiger partial charge is 0.323 e. The van der Waals surface area contributed by atoms with E-state index in [1.165, 1.54) is 5.69 Å². The summed E-state index contributed by atoms with van der Waals surface area (Å²) in [5.41, 5.74) is 1.22. The number of nitrogens with one attached hydrogen (secondary N) is 1. The highest BCUT2D eigenvalue weighted by atomic mass is 16.5. The van der Waals surface area contributed by atoms with E-state index in [9.17, 15) is 4.79 Å². The summed E-state index contributed by atoms with van der Waals surface area (Å²) in [6.45, 7) is 3.28. The molecule has 0 saturated carbocycles. The van der Waals surface area contributed by atoms with Crippen LogP contribution in [0, 0.1) is 6.92 Å². The molecule has 1 aromatic carbocycles. The SMILES string of the molecule is Cc1cc(NC(=O)N2CCC(N(C)c3ccccc3)CC2)no1. The standard InChI is InChI=1S/C17H22N4O2/c1-13-12-16(19-23-13)18-17(22)21-10-8-15(9-11-21)20(2)14-6-4-3-5-7-14/h3-7,12,15H,8-11H2,1-2H3,(H,18,19,22). The number of aromatic nitrogens is 1. The van der Waals surface area contributed by atoms with Crippen LogP contribution in [-0.2, 0) is 0 Å². The lowest BCUT2D eigenvalue weighted by molar-refractivity contribution is 0.194. The van der Waals surface area contributed by atoms with Gasteiger partial charge in [0.2, 0.25) is 0 Å². The van der Waals surface area contributed by atoms with Gasteiger partial charge in [-0.3, -0.25) is 5.32 Å². The van der Waals surface area contributed by atoms with Crippen LogP contribution in [0.3, 0.4) is 0 Å². The molecule has 0 unspecified atom stereocenters. The van der Waals surface area contributed by atoms with E-state index >= 15 is 0 Å². The highest BCUT2D eigenvalue weighted by Crippen LogP contribution is 2.22. The number of amides is 2. The van der Waals surface area contributed by atoms with Crippen molar-refractivity contribution in [1.82, 2.24) is 10.1 Å². The number of hydrogen-bond acceptors (Lipinski definition) is 4. The minimum atomic E-state index is -0.112. The molecular weight excluding hydrogens is 292 g/mol. The highest BCUT2D eigenvalue weighted by Gasteiger charge is 2.25. The zero-order chi connectivity index (χ0) is 16.2. The number of para-hydroxylation sites is 1. The number of rotatable bonds is 3. The molecule has 3 rings (SSSR count). The summed E-state index contributed by atoms with van der Waals surface area (Å²) in [6, 6.07) is 12.4. The molecule has 0 bridgehead atoms. The summed E-state index contributed by atoms with van der Waals surface area (Å²) in [7, 11) is 2.12. The zero-order valence-corrected chi connectivity index (χ0v) is 13.5. The lowest BCUT2D eigenvalue weighted by Gasteiger charge is -2.37. The van der Waals surface area contributed by atoms with Crippen LogP contribution in [0.5, 0.6) is 0 Å². The average molecular weight is 314 g/mol. The van der Waals surface area contributed by atoms with Gasteiger partial charge in [0, 0.05) is 37.9 Å². The first-order chi connectivity index (χ1) is 11.1. The number of hydrogen-bond donors (Lipinski definition) is 1. The number of piperidine rings is 1. The second-order valence-electron chi connectivity index (χ2n) is 5.92. The molecule has 2 heterocycles. The van der Waals surface area contributed by atoms with Gasteiger partial charge in [0.05, 0.1) is 0 Å². The van der Waals surface area contributed by atoms with E-state index in [0.717, 1.165) is 25.9 Å². The van der Waals surface area contributed by atoms with Gasteiger partial charge in [-0.05, 0) is 31.9 Å². The Labute approximate surface area is 136 Å². The second-order valence-corrected chi connectivity index (χ2v) is 5.92. The quantitative estimate of drug-likeness (QED) is 0.945. The Bertz CT molecular complexity index is 648. The van der Waals surface area contributed by atoms with Gasteiger partial charge in [-0.1, -0.05) is 23.4 Å². The molecule has 6 heteroatoms. The van der Waals surface area contributed by atoms with Gasteiger partial charge < -0.3 is 14.3 Å². The van der Waals surface area contributed by atoms with Crippen LogP contribution in [0.2, 0.25) is 0 Å². The molecule has 6 nitrogen and oxygen atoms in total. The van der Waals surface area contributed by atoms with Gasteiger partial charge in [0.25, 0.3) is 0 Å². The number of nitrogens with zero attached hydrogens (tertiary/aromatic N) is 3. The fraction of sp³-hybridized carbons (Fsp3) is 0.412. The maximum atomic E-state index is 12.2. The Kier molecular flexibility index (Phi) is 4.50. The molecule has 2 aromatic rings. The third-order valence-corrected chi connectivity index (χ3v) is 4.33. The molecule has 1 saturated heterocycles. The third-order valence-electron chi connectivity index (χ3n) is 4.33.